The van der Waals surface area contributed by atoms with Crippen LogP contribution in [0.3, 0.4) is 0 Å². The molecule has 0 unspecified atom stereocenters. The molecule has 1 heterocycles. The monoisotopic (exact) mass is 317 g/mol. The second-order valence-electron chi connectivity index (χ2n) is 6.35. The van der Waals surface area contributed by atoms with E-state index in [1.165, 1.54) is 12.8 Å². The summed E-state index contributed by atoms with van der Waals surface area (Å²) in [6, 6.07) is 10.3. The van der Waals surface area contributed by atoms with Crippen molar-refractivity contribution in [2.45, 2.75) is 64.5 Å². The predicted molar refractivity (Wildman–Crippen MR) is 96.3 cm³/mol. The number of para-hydroxylation sites is 1. The molecule has 3 heteroatoms. The Labute approximate surface area is 140 Å². The van der Waals surface area contributed by atoms with Crippen molar-refractivity contribution < 1.29 is 9.94 Å². The maximum absolute atomic E-state index is 9.93. The third-order valence-electron chi connectivity index (χ3n) is 4.56. The van der Waals surface area contributed by atoms with E-state index in [0.717, 1.165) is 31.4 Å². The van der Waals surface area contributed by atoms with Gasteiger partial charge in [0.05, 0.1) is 24.4 Å². The molecule has 0 bridgehead atoms. The highest BCUT2D eigenvalue weighted by molar-refractivity contribution is 5.46. The highest BCUT2D eigenvalue weighted by Gasteiger charge is 2.41. The van der Waals surface area contributed by atoms with Crippen molar-refractivity contribution in [3.8, 4) is 0 Å². The number of allylic oxidation sites excluding steroid dienone is 1. The molecule has 0 aromatic heterocycles. The van der Waals surface area contributed by atoms with Crippen molar-refractivity contribution in [3.05, 3.63) is 42.5 Å². The molecule has 1 aliphatic rings. The van der Waals surface area contributed by atoms with Gasteiger partial charge in [0.2, 0.25) is 0 Å². The van der Waals surface area contributed by atoms with Crippen LogP contribution in [0.2, 0.25) is 0 Å². The topological polar surface area (TPSA) is 32.7 Å². The summed E-state index contributed by atoms with van der Waals surface area (Å²) in [6.45, 7) is 4.57. The molecule has 0 saturated carbocycles. The second kappa shape index (κ2) is 9.74. The van der Waals surface area contributed by atoms with Crippen molar-refractivity contribution in [3.63, 3.8) is 0 Å². The summed E-state index contributed by atoms with van der Waals surface area (Å²) in [5.41, 5.74) is 1.06. The quantitative estimate of drug-likeness (QED) is 0.528. The molecule has 1 aromatic rings. The van der Waals surface area contributed by atoms with Crippen LogP contribution in [0.4, 0.5) is 5.69 Å². The third kappa shape index (κ3) is 4.82. The Morgan fingerprint density at radius 3 is 2.52 bits per heavy atom. The van der Waals surface area contributed by atoms with Crippen molar-refractivity contribution in [1.82, 2.24) is 0 Å². The Bertz CT molecular complexity index is 460. The summed E-state index contributed by atoms with van der Waals surface area (Å²) in [6.07, 6.45) is 11.4. The Balaban J connectivity index is 2.16. The maximum atomic E-state index is 9.93. The molecule has 128 valence electrons. The van der Waals surface area contributed by atoms with E-state index in [4.69, 9.17) is 4.84 Å². The fourth-order valence-electron chi connectivity index (χ4n) is 3.17. The lowest BCUT2D eigenvalue weighted by Gasteiger charge is -2.24. The van der Waals surface area contributed by atoms with Gasteiger partial charge >= 0.3 is 0 Å². The lowest BCUT2D eigenvalue weighted by molar-refractivity contribution is 0.0489. The van der Waals surface area contributed by atoms with Crippen molar-refractivity contribution in [1.29, 1.82) is 0 Å². The molecular formula is C20H31NO2. The van der Waals surface area contributed by atoms with Gasteiger partial charge in [-0.3, -0.25) is 4.84 Å². The van der Waals surface area contributed by atoms with E-state index >= 15 is 0 Å². The van der Waals surface area contributed by atoms with Crippen molar-refractivity contribution in [2.75, 3.05) is 11.7 Å². The summed E-state index contributed by atoms with van der Waals surface area (Å²) >= 11 is 0. The zero-order valence-electron chi connectivity index (χ0n) is 14.5. The zero-order chi connectivity index (χ0) is 16.5. The average molecular weight is 317 g/mol. The van der Waals surface area contributed by atoms with Gasteiger partial charge in [0.15, 0.2) is 0 Å². The molecular weight excluding hydrogens is 286 g/mol. The average Bonchev–Trinajstić information content (AvgIpc) is 2.95. The van der Waals surface area contributed by atoms with Crippen LogP contribution in [0.5, 0.6) is 0 Å². The summed E-state index contributed by atoms with van der Waals surface area (Å²) in [5.74, 6) is 0.139. The van der Waals surface area contributed by atoms with Gasteiger partial charge in [0, 0.05) is 5.92 Å². The first-order valence-electron chi connectivity index (χ1n) is 9.10. The van der Waals surface area contributed by atoms with Gasteiger partial charge in [-0.2, -0.15) is 0 Å². The minimum Gasteiger partial charge on any atom is -0.396 e. The van der Waals surface area contributed by atoms with Crippen LogP contribution in [-0.2, 0) is 4.84 Å². The van der Waals surface area contributed by atoms with Crippen LogP contribution in [0.25, 0.3) is 0 Å². The molecule has 0 radical (unpaired) electrons. The molecule has 1 N–H and O–H groups in total. The minimum atomic E-state index is 0.0981. The van der Waals surface area contributed by atoms with Crippen molar-refractivity contribution in [2.24, 2.45) is 5.92 Å². The largest absolute Gasteiger partial charge is 0.396 e. The highest BCUT2D eigenvalue weighted by atomic mass is 16.7. The number of aliphatic hydroxyl groups is 1. The lowest BCUT2D eigenvalue weighted by atomic mass is 9.91. The maximum Gasteiger partial charge on any atom is 0.0930 e. The third-order valence-corrected chi connectivity index (χ3v) is 4.56. The molecule has 0 aliphatic carbocycles. The van der Waals surface area contributed by atoms with Crippen LogP contribution in [0.15, 0.2) is 42.5 Å². The van der Waals surface area contributed by atoms with Gasteiger partial charge in [-0.25, -0.2) is 5.06 Å². The Morgan fingerprint density at radius 1 is 1.13 bits per heavy atom. The molecule has 3 atom stereocenters. The van der Waals surface area contributed by atoms with Crippen molar-refractivity contribution >= 4 is 5.69 Å². The summed E-state index contributed by atoms with van der Waals surface area (Å²) < 4.78 is 0. The number of rotatable bonds is 9. The Kier molecular flexibility index (Phi) is 7.63. The Hall–Kier alpha value is -1.32. The van der Waals surface area contributed by atoms with E-state index < -0.39 is 0 Å². The summed E-state index contributed by atoms with van der Waals surface area (Å²) in [7, 11) is 0. The Morgan fingerprint density at radius 2 is 1.87 bits per heavy atom. The van der Waals surface area contributed by atoms with Crippen LogP contribution >= 0.6 is 0 Å². The first-order chi connectivity index (χ1) is 11.3. The van der Waals surface area contributed by atoms with Gasteiger partial charge in [0.25, 0.3) is 0 Å². The number of hydrogen-bond donors (Lipinski definition) is 1. The summed E-state index contributed by atoms with van der Waals surface area (Å²) in [4.78, 5) is 6.24. The highest BCUT2D eigenvalue weighted by Crippen LogP contribution is 2.35. The van der Waals surface area contributed by atoms with Crippen LogP contribution in [0.1, 0.15) is 52.4 Å². The van der Waals surface area contributed by atoms with E-state index in [1.54, 1.807) is 0 Å². The molecule has 0 spiro atoms. The molecule has 1 aromatic carbocycles. The minimum absolute atomic E-state index is 0.0981. The van der Waals surface area contributed by atoms with Gasteiger partial charge in [-0.15, -0.1) is 0 Å². The van der Waals surface area contributed by atoms with Gasteiger partial charge in [0.1, 0.15) is 0 Å². The number of benzene rings is 1. The number of nitrogens with zero attached hydrogens (tertiary/aromatic N) is 1. The molecule has 2 rings (SSSR count). The number of hydroxylamine groups is 1. The van der Waals surface area contributed by atoms with Gasteiger partial charge in [-0.1, -0.05) is 69.9 Å². The van der Waals surface area contributed by atoms with E-state index in [9.17, 15) is 5.11 Å². The molecule has 1 saturated heterocycles. The van der Waals surface area contributed by atoms with E-state index in [0.29, 0.717) is 0 Å². The normalized spacial score (nSPS) is 24.7. The summed E-state index contributed by atoms with van der Waals surface area (Å²) in [5, 5.41) is 11.9. The lowest BCUT2D eigenvalue weighted by Crippen LogP contribution is -2.32. The smallest absolute Gasteiger partial charge is 0.0930 e. The first-order valence-corrected chi connectivity index (χ1v) is 9.10. The fourth-order valence-corrected chi connectivity index (χ4v) is 3.17. The standard InChI is InChI=1S/C20H31NO2/c1-3-5-7-11-14-19-18(16-22)20(15-6-4-2)23-21(19)17-12-9-8-10-13-17/h8-14,18-20,22H,3-7,15-16H2,1-2H3/b14-11+/t18-,19-,20+/m0/s1. The molecule has 3 nitrogen and oxygen atoms in total. The van der Waals surface area contributed by atoms with Crippen LogP contribution in [0, 0.1) is 5.92 Å². The molecule has 1 aliphatic heterocycles. The van der Waals surface area contributed by atoms with Crippen LogP contribution < -0.4 is 5.06 Å². The van der Waals surface area contributed by atoms with E-state index in [2.05, 4.69) is 38.1 Å². The van der Waals surface area contributed by atoms with E-state index in [-0.39, 0.29) is 24.7 Å². The molecule has 23 heavy (non-hydrogen) atoms. The fraction of sp³-hybridized carbons (Fsp3) is 0.600. The molecule has 0 amide bonds. The number of unbranched alkanes of at least 4 members (excludes halogenated alkanes) is 3. The second-order valence-corrected chi connectivity index (χ2v) is 6.35. The zero-order valence-corrected chi connectivity index (χ0v) is 14.5. The van der Waals surface area contributed by atoms with Crippen LogP contribution in [-0.4, -0.2) is 23.9 Å². The number of anilines is 1. The predicted octanol–water partition coefficient (Wildman–Crippen LogP) is 4.72. The molecule has 1 fully saturated rings. The number of aliphatic hydroxyl groups excluding tert-OH is 1. The van der Waals surface area contributed by atoms with Gasteiger partial charge < -0.3 is 5.11 Å². The number of hydrogen-bond acceptors (Lipinski definition) is 3. The first kappa shape index (κ1) is 18.0. The SMILES string of the molecule is CCCC/C=C/[C@H]1[C@H](CO)[C@@H](CCCC)ON1c1ccccc1. The van der Waals surface area contributed by atoms with E-state index in [1.807, 2.05) is 23.3 Å². The van der Waals surface area contributed by atoms with Gasteiger partial charge in [-0.05, 0) is 25.0 Å².